The molecule has 1 heterocycles. The lowest BCUT2D eigenvalue weighted by Crippen LogP contribution is -2.52. The Balaban J connectivity index is 2.57. The third-order valence-electron chi connectivity index (χ3n) is 2.87. The van der Waals surface area contributed by atoms with Crippen molar-refractivity contribution in [2.75, 3.05) is 6.54 Å². The van der Waals surface area contributed by atoms with E-state index in [0.717, 1.165) is 13.0 Å². The number of hydrogen-bond acceptors (Lipinski definition) is 2. The third-order valence-corrected chi connectivity index (χ3v) is 2.87. The molecule has 1 unspecified atom stereocenters. The molecule has 0 bridgehead atoms. The molecule has 82 valence electrons. The zero-order chi connectivity index (χ0) is 11.0. The number of hydrogen-bond donors (Lipinski definition) is 2. The van der Waals surface area contributed by atoms with Crippen LogP contribution in [0.5, 0.6) is 0 Å². The average molecular weight is 198 g/mol. The summed E-state index contributed by atoms with van der Waals surface area (Å²) in [7, 11) is 0. The van der Waals surface area contributed by atoms with Gasteiger partial charge >= 0.3 is 0 Å². The Morgan fingerprint density at radius 1 is 1.43 bits per heavy atom. The Labute approximate surface area is 86.6 Å². The highest BCUT2D eigenvalue weighted by atomic mass is 16.2. The van der Waals surface area contributed by atoms with Gasteiger partial charge in [0.25, 0.3) is 0 Å². The SMILES string of the molecule is CC(C)(C)C(=O)NC1CCNC1(C)C. The van der Waals surface area contributed by atoms with E-state index < -0.39 is 0 Å². The number of rotatable bonds is 1. The average Bonchev–Trinajstić information content (AvgIpc) is 2.29. The summed E-state index contributed by atoms with van der Waals surface area (Å²) in [5.74, 6) is 0.138. The van der Waals surface area contributed by atoms with E-state index in [1.54, 1.807) is 0 Å². The molecule has 0 aromatic carbocycles. The molecule has 14 heavy (non-hydrogen) atoms. The van der Waals surface area contributed by atoms with Crippen molar-refractivity contribution in [3.8, 4) is 0 Å². The quantitative estimate of drug-likeness (QED) is 0.666. The molecule has 3 heteroatoms. The van der Waals surface area contributed by atoms with E-state index >= 15 is 0 Å². The van der Waals surface area contributed by atoms with Crippen molar-refractivity contribution in [3.63, 3.8) is 0 Å². The monoisotopic (exact) mass is 198 g/mol. The molecule has 0 radical (unpaired) electrons. The van der Waals surface area contributed by atoms with Crippen molar-refractivity contribution in [1.82, 2.24) is 10.6 Å². The number of nitrogens with one attached hydrogen (secondary N) is 2. The first-order valence-electron chi connectivity index (χ1n) is 5.29. The summed E-state index contributed by atoms with van der Waals surface area (Å²) in [4.78, 5) is 11.8. The van der Waals surface area contributed by atoms with Crippen LogP contribution in [0.4, 0.5) is 0 Å². The van der Waals surface area contributed by atoms with Crippen LogP contribution in [0.1, 0.15) is 41.0 Å². The van der Waals surface area contributed by atoms with Crippen LogP contribution in [0.3, 0.4) is 0 Å². The summed E-state index contributed by atoms with van der Waals surface area (Å²) in [6, 6.07) is 0.259. The highest BCUT2D eigenvalue weighted by molar-refractivity contribution is 5.81. The molecule has 1 fully saturated rings. The Kier molecular flexibility index (Phi) is 2.91. The molecule has 3 nitrogen and oxygen atoms in total. The second-order valence-electron chi connectivity index (χ2n) is 5.71. The normalized spacial score (nSPS) is 26.2. The van der Waals surface area contributed by atoms with Gasteiger partial charge in [-0.05, 0) is 26.8 Å². The van der Waals surface area contributed by atoms with Crippen molar-refractivity contribution in [3.05, 3.63) is 0 Å². The minimum Gasteiger partial charge on any atom is -0.351 e. The minimum atomic E-state index is -0.293. The fourth-order valence-corrected chi connectivity index (χ4v) is 1.65. The molecule has 0 saturated carbocycles. The molecule has 1 saturated heterocycles. The summed E-state index contributed by atoms with van der Waals surface area (Å²) in [5, 5.41) is 6.50. The van der Waals surface area contributed by atoms with E-state index in [0.29, 0.717) is 0 Å². The van der Waals surface area contributed by atoms with Crippen LogP contribution >= 0.6 is 0 Å². The van der Waals surface area contributed by atoms with Gasteiger partial charge in [-0.25, -0.2) is 0 Å². The predicted octanol–water partition coefficient (Wildman–Crippen LogP) is 1.29. The van der Waals surface area contributed by atoms with Crippen molar-refractivity contribution >= 4 is 5.91 Å². The highest BCUT2D eigenvalue weighted by Gasteiger charge is 2.36. The zero-order valence-electron chi connectivity index (χ0n) is 9.90. The van der Waals surface area contributed by atoms with Gasteiger partial charge in [0.05, 0.1) is 0 Å². The van der Waals surface area contributed by atoms with Gasteiger partial charge in [0, 0.05) is 17.0 Å². The van der Waals surface area contributed by atoms with E-state index in [2.05, 4.69) is 24.5 Å². The highest BCUT2D eigenvalue weighted by Crippen LogP contribution is 2.21. The topological polar surface area (TPSA) is 41.1 Å². The predicted molar refractivity (Wildman–Crippen MR) is 58.1 cm³/mol. The van der Waals surface area contributed by atoms with Crippen LogP contribution in [0.2, 0.25) is 0 Å². The first-order chi connectivity index (χ1) is 6.23. The van der Waals surface area contributed by atoms with Crippen molar-refractivity contribution in [1.29, 1.82) is 0 Å². The van der Waals surface area contributed by atoms with Gasteiger partial charge in [-0.2, -0.15) is 0 Å². The van der Waals surface area contributed by atoms with Crippen LogP contribution in [0.25, 0.3) is 0 Å². The molecule has 1 atom stereocenters. The minimum absolute atomic E-state index is 0.0287. The van der Waals surface area contributed by atoms with E-state index in [1.165, 1.54) is 0 Å². The Bertz CT molecular complexity index is 228. The van der Waals surface area contributed by atoms with Gasteiger partial charge in [-0.15, -0.1) is 0 Å². The molecular formula is C11H22N2O. The van der Waals surface area contributed by atoms with Gasteiger partial charge in [0.15, 0.2) is 0 Å². The van der Waals surface area contributed by atoms with Crippen LogP contribution in [-0.2, 0) is 4.79 Å². The lowest BCUT2D eigenvalue weighted by atomic mass is 9.92. The fourth-order valence-electron chi connectivity index (χ4n) is 1.65. The van der Waals surface area contributed by atoms with Gasteiger partial charge in [0.1, 0.15) is 0 Å². The van der Waals surface area contributed by atoms with Crippen molar-refractivity contribution in [2.45, 2.75) is 52.6 Å². The van der Waals surface area contributed by atoms with Gasteiger partial charge in [-0.3, -0.25) is 4.79 Å². The van der Waals surface area contributed by atoms with Gasteiger partial charge in [0.2, 0.25) is 5.91 Å². The molecule has 2 N–H and O–H groups in total. The van der Waals surface area contributed by atoms with Crippen LogP contribution < -0.4 is 10.6 Å². The fraction of sp³-hybridized carbons (Fsp3) is 0.909. The lowest BCUT2D eigenvalue weighted by molar-refractivity contribution is -0.129. The van der Waals surface area contributed by atoms with Crippen LogP contribution in [0.15, 0.2) is 0 Å². The lowest BCUT2D eigenvalue weighted by Gasteiger charge is -2.30. The summed E-state index contributed by atoms with van der Waals surface area (Å²) >= 11 is 0. The van der Waals surface area contributed by atoms with Crippen molar-refractivity contribution in [2.24, 2.45) is 5.41 Å². The molecule has 0 aromatic rings. The number of carbonyl (C=O) groups is 1. The Morgan fingerprint density at radius 2 is 2.00 bits per heavy atom. The van der Waals surface area contributed by atoms with E-state index in [1.807, 2.05) is 20.8 Å². The van der Waals surface area contributed by atoms with E-state index in [9.17, 15) is 4.79 Å². The first kappa shape index (κ1) is 11.5. The molecule has 1 rings (SSSR count). The molecule has 0 aromatic heterocycles. The van der Waals surface area contributed by atoms with Gasteiger partial charge < -0.3 is 10.6 Å². The molecule has 0 spiro atoms. The maximum Gasteiger partial charge on any atom is 0.225 e. The molecule has 1 aliphatic heterocycles. The second kappa shape index (κ2) is 3.54. The summed E-state index contributed by atoms with van der Waals surface area (Å²) in [6.45, 7) is 11.1. The van der Waals surface area contributed by atoms with Crippen LogP contribution in [-0.4, -0.2) is 24.0 Å². The summed E-state index contributed by atoms with van der Waals surface area (Å²) in [5.41, 5.74) is -0.264. The van der Waals surface area contributed by atoms with Gasteiger partial charge in [-0.1, -0.05) is 20.8 Å². The molecule has 1 aliphatic rings. The largest absolute Gasteiger partial charge is 0.351 e. The van der Waals surface area contributed by atoms with E-state index in [4.69, 9.17) is 0 Å². The molecule has 0 aliphatic carbocycles. The maximum atomic E-state index is 11.8. The Morgan fingerprint density at radius 3 is 2.36 bits per heavy atom. The van der Waals surface area contributed by atoms with Crippen LogP contribution in [0, 0.1) is 5.41 Å². The Hall–Kier alpha value is -0.570. The maximum absolute atomic E-state index is 11.8. The summed E-state index contributed by atoms with van der Waals surface area (Å²) in [6.07, 6.45) is 1.02. The van der Waals surface area contributed by atoms with Crippen molar-refractivity contribution < 1.29 is 4.79 Å². The standard InChI is InChI=1S/C11H22N2O/c1-10(2,3)9(14)13-8-6-7-12-11(8,4)5/h8,12H,6-7H2,1-5H3,(H,13,14). The first-order valence-corrected chi connectivity index (χ1v) is 5.29. The number of carbonyl (C=O) groups excluding carboxylic acids is 1. The molecule has 1 amide bonds. The number of amides is 1. The third kappa shape index (κ3) is 2.47. The molecular weight excluding hydrogens is 176 g/mol. The summed E-state index contributed by atoms with van der Waals surface area (Å²) < 4.78 is 0. The zero-order valence-corrected chi connectivity index (χ0v) is 9.90. The second-order valence-corrected chi connectivity index (χ2v) is 5.71. The smallest absolute Gasteiger partial charge is 0.225 e. The van der Waals surface area contributed by atoms with E-state index in [-0.39, 0.29) is 22.9 Å².